The van der Waals surface area contributed by atoms with E-state index in [0.29, 0.717) is 89.3 Å². The smallest absolute Gasteiger partial charge is 0.222 e. The number of aromatic nitrogens is 1. The average molecular weight is 712 g/mol. The fourth-order valence-corrected chi connectivity index (χ4v) is 4.88. The van der Waals surface area contributed by atoms with E-state index in [4.69, 9.17) is 48.1 Å². The maximum atomic E-state index is 8.70. The fraction of sp³-hybridized carbons (Fsp3) is 0.293. The monoisotopic (exact) mass is 711 g/mol. The summed E-state index contributed by atoms with van der Waals surface area (Å²) >= 11 is 0. The Morgan fingerprint density at radius 3 is 1.00 bits per heavy atom. The summed E-state index contributed by atoms with van der Waals surface area (Å²) in [6.07, 6.45) is 0. The van der Waals surface area contributed by atoms with Crippen molar-refractivity contribution in [3.8, 4) is 57.0 Å². The van der Waals surface area contributed by atoms with Crippen LogP contribution in [-0.2, 0) is 18.9 Å². The standard InChI is InChI=1S/C41H45NO10/c43-20-22-45-24-26-47-28-30-49-36-12-4-32(5-13-36)34-8-16-38(17-9-34)51-40-2-1-3-41(42-40)52-39-18-10-35(11-19-39)33-6-14-37(15-7-33)50-31-29-48-27-25-46-23-21-44/h1-19,43-44H,20-31H2. The second kappa shape index (κ2) is 22.0. The van der Waals surface area contributed by atoms with Crippen molar-refractivity contribution in [2.45, 2.75) is 0 Å². The predicted octanol–water partition coefficient (Wildman–Crippen LogP) is 6.81. The van der Waals surface area contributed by atoms with Gasteiger partial charge in [-0.2, -0.15) is 4.98 Å². The molecule has 1 heterocycles. The van der Waals surface area contributed by atoms with Gasteiger partial charge in [-0.25, -0.2) is 0 Å². The first-order valence-corrected chi connectivity index (χ1v) is 17.2. The quantitative estimate of drug-likeness (QED) is 0.0656. The molecule has 0 fully saturated rings. The lowest BCUT2D eigenvalue weighted by Gasteiger charge is -2.10. The Hall–Kier alpha value is -5.01. The summed E-state index contributed by atoms with van der Waals surface area (Å²) in [6, 6.07) is 36.8. The van der Waals surface area contributed by atoms with Crippen LogP contribution >= 0.6 is 0 Å². The second-order valence-electron chi connectivity index (χ2n) is 11.2. The number of pyridine rings is 1. The summed E-state index contributed by atoms with van der Waals surface area (Å²) in [5, 5.41) is 17.4. The number of rotatable bonds is 24. The fourth-order valence-electron chi connectivity index (χ4n) is 4.88. The Labute approximate surface area is 304 Å². The lowest BCUT2D eigenvalue weighted by Crippen LogP contribution is -2.11. The van der Waals surface area contributed by atoms with Crippen LogP contribution in [0.2, 0.25) is 0 Å². The van der Waals surface area contributed by atoms with E-state index in [0.717, 1.165) is 33.8 Å². The van der Waals surface area contributed by atoms with Crippen molar-refractivity contribution in [2.75, 3.05) is 79.3 Å². The molecule has 2 N–H and O–H groups in total. The first-order valence-electron chi connectivity index (χ1n) is 17.2. The van der Waals surface area contributed by atoms with Crippen LogP contribution in [0.3, 0.4) is 0 Å². The maximum absolute atomic E-state index is 8.70. The van der Waals surface area contributed by atoms with E-state index >= 15 is 0 Å². The summed E-state index contributed by atoms with van der Waals surface area (Å²) in [6.45, 7) is 4.29. The number of hydrogen-bond donors (Lipinski definition) is 2. The Kier molecular flexibility index (Phi) is 16.2. The lowest BCUT2D eigenvalue weighted by molar-refractivity contribution is 0.0247. The van der Waals surface area contributed by atoms with E-state index in [2.05, 4.69) is 4.98 Å². The largest absolute Gasteiger partial charge is 0.491 e. The van der Waals surface area contributed by atoms with Crippen LogP contribution in [0.15, 0.2) is 115 Å². The molecule has 0 saturated heterocycles. The lowest BCUT2D eigenvalue weighted by atomic mass is 10.1. The van der Waals surface area contributed by atoms with Gasteiger partial charge in [0.2, 0.25) is 11.8 Å². The first-order chi connectivity index (χ1) is 25.7. The van der Waals surface area contributed by atoms with Crippen molar-refractivity contribution in [3.63, 3.8) is 0 Å². The molecule has 0 aliphatic heterocycles. The number of hydrogen-bond acceptors (Lipinski definition) is 11. The second-order valence-corrected chi connectivity index (χ2v) is 11.2. The zero-order valence-electron chi connectivity index (χ0n) is 29.1. The molecule has 0 amide bonds. The molecule has 0 spiro atoms. The third kappa shape index (κ3) is 13.3. The zero-order valence-corrected chi connectivity index (χ0v) is 29.1. The molecule has 5 rings (SSSR count). The molecular weight excluding hydrogens is 666 g/mol. The first kappa shape index (κ1) is 38.2. The molecule has 1 aromatic heterocycles. The summed E-state index contributed by atoms with van der Waals surface area (Å²) < 4.78 is 44.8. The zero-order chi connectivity index (χ0) is 36.1. The van der Waals surface area contributed by atoms with Gasteiger partial charge in [-0.15, -0.1) is 0 Å². The summed E-state index contributed by atoms with van der Waals surface area (Å²) in [5.41, 5.74) is 4.19. The molecule has 11 nitrogen and oxygen atoms in total. The van der Waals surface area contributed by atoms with Crippen molar-refractivity contribution in [2.24, 2.45) is 0 Å². The van der Waals surface area contributed by atoms with Gasteiger partial charge in [0.15, 0.2) is 0 Å². The molecule has 0 saturated carbocycles. The minimum absolute atomic E-state index is 0.0117. The van der Waals surface area contributed by atoms with Crippen LogP contribution < -0.4 is 18.9 Å². The molecule has 0 atom stereocenters. The van der Waals surface area contributed by atoms with Crippen LogP contribution in [0, 0.1) is 0 Å². The normalized spacial score (nSPS) is 11.0. The molecule has 4 aromatic carbocycles. The maximum Gasteiger partial charge on any atom is 0.222 e. The molecule has 0 radical (unpaired) electrons. The predicted molar refractivity (Wildman–Crippen MR) is 197 cm³/mol. The molecule has 11 heteroatoms. The number of benzene rings is 4. The molecule has 0 aliphatic rings. The minimum atomic E-state index is 0.0117. The van der Waals surface area contributed by atoms with Gasteiger partial charge >= 0.3 is 0 Å². The summed E-state index contributed by atoms with van der Waals surface area (Å²) in [4.78, 5) is 4.53. The molecule has 0 unspecified atom stereocenters. The molecular formula is C41H45NO10. The van der Waals surface area contributed by atoms with Gasteiger partial charge < -0.3 is 48.1 Å². The van der Waals surface area contributed by atoms with E-state index in [-0.39, 0.29) is 13.2 Å². The number of aliphatic hydroxyl groups is 2. The number of nitrogens with zero attached hydrogens (tertiary/aromatic N) is 1. The molecule has 5 aromatic rings. The van der Waals surface area contributed by atoms with E-state index in [1.165, 1.54) is 0 Å². The number of aliphatic hydroxyl groups excluding tert-OH is 2. The van der Waals surface area contributed by atoms with Gasteiger partial charge in [0.05, 0.1) is 66.1 Å². The SMILES string of the molecule is OCCOCCOCCOc1ccc(-c2ccc(Oc3cccc(Oc4ccc(-c5ccc(OCCOCCOCCO)cc5)cc4)n3)cc2)cc1. The Morgan fingerprint density at radius 1 is 0.346 bits per heavy atom. The average Bonchev–Trinajstić information content (AvgIpc) is 3.18. The van der Waals surface area contributed by atoms with Crippen molar-refractivity contribution in [1.29, 1.82) is 0 Å². The Balaban J connectivity index is 1.04. The van der Waals surface area contributed by atoms with E-state index in [9.17, 15) is 0 Å². The van der Waals surface area contributed by atoms with Crippen LogP contribution in [-0.4, -0.2) is 94.5 Å². The van der Waals surface area contributed by atoms with Gasteiger partial charge in [0.25, 0.3) is 0 Å². The highest BCUT2D eigenvalue weighted by atomic mass is 16.6. The highest BCUT2D eigenvalue weighted by Gasteiger charge is 2.07. The van der Waals surface area contributed by atoms with E-state index < -0.39 is 0 Å². The highest BCUT2D eigenvalue weighted by molar-refractivity contribution is 5.66. The highest BCUT2D eigenvalue weighted by Crippen LogP contribution is 2.30. The topological polar surface area (TPSA) is 127 Å². The third-order valence-electron chi connectivity index (χ3n) is 7.43. The van der Waals surface area contributed by atoms with Gasteiger partial charge in [-0.3, -0.25) is 0 Å². The van der Waals surface area contributed by atoms with Crippen molar-refractivity contribution in [3.05, 3.63) is 115 Å². The van der Waals surface area contributed by atoms with Crippen molar-refractivity contribution in [1.82, 2.24) is 4.98 Å². The number of ether oxygens (including phenoxy) is 8. The molecule has 274 valence electrons. The van der Waals surface area contributed by atoms with E-state index in [1.807, 2.05) is 103 Å². The third-order valence-corrected chi connectivity index (χ3v) is 7.43. The van der Waals surface area contributed by atoms with Crippen LogP contribution in [0.25, 0.3) is 22.3 Å². The van der Waals surface area contributed by atoms with Crippen molar-refractivity contribution < 1.29 is 48.1 Å². The van der Waals surface area contributed by atoms with E-state index in [1.54, 1.807) is 12.1 Å². The molecule has 0 bridgehead atoms. The minimum Gasteiger partial charge on any atom is -0.491 e. The summed E-state index contributed by atoms with van der Waals surface area (Å²) in [7, 11) is 0. The van der Waals surface area contributed by atoms with Crippen LogP contribution in [0.4, 0.5) is 0 Å². The summed E-state index contributed by atoms with van der Waals surface area (Å²) in [5.74, 6) is 3.69. The molecule has 0 aliphatic carbocycles. The van der Waals surface area contributed by atoms with Gasteiger partial charge in [-0.05, 0) is 70.8 Å². The van der Waals surface area contributed by atoms with Crippen LogP contribution in [0.5, 0.6) is 34.8 Å². The van der Waals surface area contributed by atoms with Crippen molar-refractivity contribution >= 4 is 0 Å². The molecule has 52 heavy (non-hydrogen) atoms. The Bertz CT molecular complexity index is 1570. The van der Waals surface area contributed by atoms with Crippen LogP contribution in [0.1, 0.15) is 0 Å². The van der Waals surface area contributed by atoms with Gasteiger partial charge in [-0.1, -0.05) is 54.6 Å². The Morgan fingerprint density at radius 2 is 0.654 bits per heavy atom. The van der Waals surface area contributed by atoms with Gasteiger partial charge in [0.1, 0.15) is 36.2 Å². The van der Waals surface area contributed by atoms with Gasteiger partial charge in [0, 0.05) is 12.1 Å².